The Balaban J connectivity index is 1.61. The zero-order chi connectivity index (χ0) is 29.0. The number of rotatable bonds is 7. The van der Waals surface area contributed by atoms with Crippen LogP contribution in [0.3, 0.4) is 0 Å². The maximum absolute atomic E-state index is 13.2. The van der Waals surface area contributed by atoms with E-state index in [1.807, 2.05) is 0 Å². The first-order chi connectivity index (χ1) is 19.8. The summed E-state index contributed by atoms with van der Waals surface area (Å²) in [5, 5.41) is 42.0. The molecule has 0 aromatic heterocycles. The number of aliphatic hydroxyl groups excluding tert-OH is 4. The predicted octanol–water partition coefficient (Wildman–Crippen LogP) is 1.11. The number of aliphatic hydroxyl groups is 4. The Kier molecular flexibility index (Phi) is 6.91. The molecule has 3 heterocycles. The molecule has 6 rings (SSSR count). The van der Waals surface area contributed by atoms with E-state index in [1.54, 1.807) is 18.2 Å². The van der Waals surface area contributed by atoms with Gasteiger partial charge in [-0.05, 0) is 23.6 Å². The molecule has 13 heteroatoms. The van der Waals surface area contributed by atoms with Gasteiger partial charge in [-0.25, -0.2) is 4.79 Å². The second-order valence-electron chi connectivity index (χ2n) is 9.61. The Morgan fingerprint density at radius 2 is 1.49 bits per heavy atom. The van der Waals surface area contributed by atoms with Crippen molar-refractivity contribution in [3.8, 4) is 45.6 Å². The average molecular weight is 573 g/mol. The summed E-state index contributed by atoms with van der Waals surface area (Å²) in [4.78, 5) is 13.2. The summed E-state index contributed by atoms with van der Waals surface area (Å²) >= 11 is 0. The Bertz CT molecular complexity index is 1520. The Labute approximate surface area is 233 Å². The van der Waals surface area contributed by atoms with E-state index >= 15 is 0 Å². The number of hydrogen-bond acceptors (Lipinski definition) is 13. The summed E-state index contributed by atoms with van der Waals surface area (Å²) in [6, 6.07) is 6.54. The first-order valence-corrected chi connectivity index (χ1v) is 12.7. The van der Waals surface area contributed by atoms with Crippen LogP contribution in [0, 0.1) is 0 Å². The normalized spacial score (nSPS) is 24.7. The van der Waals surface area contributed by atoms with E-state index < -0.39 is 43.3 Å². The van der Waals surface area contributed by atoms with E-state index in [4.69, 9.17) is 37.9 Å². The second kappa shape index (κ2) is 10.4. The number of hydrogen-bond donors (Lipinski definition) is 4. The molecule has 0 aliphatic carbocycles. The Hall–Kier alpha value is -4.01. The zero-order valence-electron chi connectivity index (χ0n) is 22.3. The quantitative estimate of drug-likeness (QED) is 0.297. The monoisotopic (exact) mass is 572 g/mol. The zero-order valence-corrected chi connectivity index (χ0v) is 22.3. The van der Waals surface area contributed by atoms with Gasteiger partial charge >= 0.3 is 5.97 Å². The minimum atomic E-state index is -1.68. The number of carbonyl (C=O) groups excluding carboxylic acids is 1. The van der Waals surface area contributed by atoms with Crippen molar-refractivity contribution < 1.29 is 63.1 Å². The molecule has 0 radical (unpaired) electrons. The van der Waals surface area contributed by atoms with Crippen LogP contribution in [-0.2, 0) is 16.1 Å². The van der Waals surface area contributed by atoms with Crippen LogP contribution in [0.4, 0.5) is 0 Å². The molecule has 0 unspecified atom stereocenters. The molecule has 1 fully saturated rings. The summed E-state index contributed by atoms with van der Waals surface area (Å²) in [5.41, 5.74) is 1.45. The van der Waals surface area contributed by atoms with E-state index in [0.717, 1.165) is 0 Å². The minimum absolute atomic E-state index is 0.0396. The molecule has 3 aromatic carbocycles. The number of benzene rings is 3. The van der Waals surface area contributed by atoms with E-state index in [0.29, 0.717) is 56.2 Å². The summed E-state index contributed by atoms with van der Waals surface area (Å²) in [6.45, 7) is -0.738. The fourth-order valence-corrected chi connectivity index (χ4v) is 5.43. The van der Waals surface area contributed by atoms with Crippen molar-refractivity contribution in [3.63, 3.8) is 0 Å². The van der Waals surface area contributed by atoms with E-state index in [2.05, 4.69) is 0 Å². The van der Waals surface area contributed by atoms with Gasteiger partial charge in [0.15, 0.2) is 23.0 Å². The number of fused-ring (bicyclic) bond motifs is 3. The third kappa shape index (κ3) is 4.24. The van der Waals surface area contributed by atoms with Crippen molar-refractivity contribution in [2.75, 3.05) is 34.7 Å². The second-order valence-corrected chi connectivity index (χ2v) is 9.61. The molecule has 0 saturated carbocycles. The van der Waals surface area contributed by atoms with Crippen LogP contribution in [0.2, 0.25) is 0 Å². The van der Waals surface area contributed by atoms with Crippen LogP contribution in [-0.4, -0.2) is 91.8 Å². The standard InChI is InChI=1S/C28H28O13/c1-34-16-4-11-12(5-17(16)35-2)26(36-3)14-9-37-27(33)22(14)21(11)13-6-18-19(39-10-38-18)7-15(13)40-28-25(32)24(31)23(30)20(8-29)41-28/h4-7,20,23-25,28-32H,8-10H2,1-3H3/t20-,23-,24+,25-,28-/m1/s1. The number of carbonyl (C=O) groups is 1. The molecule has 4 N–H and O–H groups in total. The van der Waals surface area contributed by atoms with Crippen molar-refractivity contribution in [1.29, 1.82) is 0 Å². The molecular weight excluding hydrogens is 544 g/mol. The van der Waals surface area contributed by atoms with Gasteiger partial charge in [0.25, 0.3) is 0 Å². The Morgan fingerprint density at radius 1 is 0.805 bits per heavy atom. The molecule has 3 aliphatic heterocycles. The predicted molar refractivity (Wildman–Crippen MR) is 139 cm³/mol. The lowest BCUT2D eigenvalue weighted by molar-refractivity contribution is -0.277. The van der Waals surface area contributed by atoms with Gasteiger partial charge in [0.2, 0.25) is 13.1 Å². The van der Waals surface area contributed by atoms with E-state index in [-0.39, 0.29) is 24.7 Å². The SMILES string of the molecule is COc1cc2c(OC)c3c(c(-c4cc5c(cc4O[C@@H]4O[C@H](CO)[C@@H](O)[C@H](O)[C@H]4O)OCO5)c2cc1OC)C(=O)OC3. The van der Waals surface area contributed by atoms with E-state index in [1.165, 1.54) is 27.4 Å². The van der Waals surface area contributed by atoms with Crippen LogP contribution in [0.25, 0.3) is 21.9 Å². The molecule has 0 bridgehead atoms. The topological polar surface area (TPSA) is 172 Å². The highest BCUT2D eigenvalue weighted by molar-refractivity contribution is 6.14. The molecule has 0 spiro atoms. The first-order valence-electron chi connectivity index (χ1n) is 12.7. The molecule has 13 nitrogen and oxygen atoms in total. The first kappa shape index (κ1) is 27.2. The highest BCUT2D eigenvalue weighted by Gasteiger charge is 2.45. The fourth-order valence-electron chi connectivity index (χ4n) is 5.43. The van der Waals surface area contributed by atoms with Crippen molar-refractivity contribution >= 4 is 16.7 Å². The maximum atomic E-state index is 13.2. The Morgan fingerprint density at radius 3 is 2.15 bits per heavy atom. The number of ether oxygens (including phenoxy) is 8. The molecule has 1 saturated heterocycles. The number of methoxy groups -OCH3 is 3. The van der Waals surface area contributed by atoms with Crippen LogP contribution in [0.5, 0.6) is 34.5 Å². The lowest BCUT2D eigenvalue weighted by Gasteiger charge is -2.39. The number of cyclic esters (lactones) is 1. The fraction of sp³-hybridized carbons (Fsp3) is 0.393. The molecule has 5 atom stereocenters. The molecule has 41 heavy (non-hydrogen) atoms. The summed E-state index contributed by atoms with van der Waals surface area (Å²) in [5.74, 6) is 1.41. The lowest BCUT2D eigenvalue weighted by atomic mass is 9.88. The van der Waals surface area contributed by atoms with Gasteiger partial charge in [-0.3, -0.25) is 0 Å². The van der Waals surface area contributed by atoms with Crippen molar-refractivity contribution in [2.45, 2.75) is 37.3 Å². The smallest absolute Gasteiger partial charge is 0.339 e. The molecule has 3 aliphatic rings. The lowest BCUT2D eigenvalue weighted by Crippen LogP contribution is -2.60. The van der Waals surface area contributed by atoms with E-state index in [9.17, 15) is 25.2 Å². The molecular formula is C28H28O13. The maximum Gasteiger partial charge on any atom is 0.339 e. The van der Waals surface area contributed by atoms with Crippen molar-refractivity contribution in [3.05, 3.63) is 35.4 Å². The van der Waals surface area contributed by atoms with Gasteiger partial charge < -0.3 is 58.3 Å². The summed E-state index contributed by atoms with van der Waals surface area (Å²) in [7, 11) is 4.47. The largest absolute Gasteiger partial charge is 0.496 e. The summed E-state index contributed by atoms with van der Waals surface area (Å²) < 4.78 is 45.1. The van der Waals surface area contributed by atoms with Crippen molar-refractivity contribution in [2.24, 2.45) is 0 Å². The minimum Gasteiger partial charge on any atom is -0.496 e. The highest BCUT2D eigenvalue weighted by atomic mass is 16.7. The van der Waals surface area contributed by atoms with Gasteiger partial charge in [-0.2, -0.15) is 0 Å². The van der Waals surface area contributed by atoms with Gasteiger partial charge in [-0.1, -0.05) is 0 Å². The van der Waals surface area contributed by atoms with Crippen LogP contribution in [0.1, 0.15) is 15.9 Å². The van der Waals surface area contributed by atoms with Gasteiger partial charge in [-0.15, -0.1) is 0 Å². The highest BCUT2D eigenvalue weighted by Crippen LogP contribution is 2.52. The third-order valence-electron chi connectivity index (χ3n) is 7.46. The third-order valence-corrected chi connectivity index (χ3v) is 7.46. The van der Waals surface area contributed by atoms with Crippen LogP contribution in [0.15, 0.2) is 24.3 Å². The van der Waals surface area contributed by atoms with Crippen molar-refractivity contribution in [1.82, 2.24) is 0 Å². The molecule has 3 aromatic rings. The summed E-state index contributed by atoms with van der Waals surface area (Å²) in [6.07, 6.45) is -7.63. The number of esters is 1. The van der Waals surface area contributed by atoms with Gasteiger partial charge in [0.1, 0.15) is 42.5 Å². The van der Waals surface area contributed by atoms with Gasteiger partial charge in [0.05, 0.1) is 33.5 Å². The molecule has 0 amide bonds. The van der Waals surface area contributed by atoms with Crippen LogP contribution < -0.4 is 28.4 Å². The average Bonchev–Trinajstić information content (AvgIpc) is 3.61. The molecule has 218 valence electrons. The van der Waals surface area contributed by atoms with Crippen LogP contribution >= 0.6 is 0 Å². The van der Waals surface area contributed by atoms with Gasteiger partial charge in [0, 0.05) is 28.1 Å².